The molecule has 2 fully saturated rings. The molecule has 1 atom stereocenters. The molecule has 3 aliphatic rings. The number of urea groups is 1. The number of nitrogens with zero attached hydrogens (tertiary/aromatic N) is 4. The van der Waals surface area contributed by atoms with Crippen LogP contribution in [0.25, 0.3) is 11.4 Å². The highest BCUT2D eigenvalue weighted by Crippen LogP contribution is 2.35. The molecule has 5 rings (SSSR count). The second-order valence-corrected chi connectivity index (χ2v) is 9.35. The number of hydrogen-bond donors (Lipinski definition) is 3. The molecule has 2 saturated heterocycles. The van der Waals surface area contributed by atoms with Gasteiger partial charge in [-0.25, -0.2) is 14.8 Å². The van der Waals surface area contributed by atoms with Crippen LogP contribution in [0.15, 0.2) is 30.5 Å². The first kappa shape index (κ1) is 24.3. The minimum absolute atomic E-state index is 0.000834. The van der Waals surface area contributed by atoms with E-state index < -0.39 is 0 Å². The fourth-order valence-electron chi connectivity index (χ4n) is 4.86. The number of rotatable bonds is 6. The number of aromatic nitrogens is 2. The molecule has 11 heteroatoms. The summed E-state index contributed by atoms with van der Waals surface area (Å²) in [6.07, 6.45) is 3.78. The van der Waals surface area contributed by atoms with Gasteiger partial charge in [0.15, 0.2) is 11.6 Å². The van der Waals surface area contributed by atoms with Crippen LogP contribution in [-0.4, -0.2) is 87.6 Å². The van der Waals surface area contributed by atoms with Crippen molar-refractivity contribution in [2.75, 3.05) is 74.8 Å². The van der Waals surface area contributed by atoms with Crippen molar-refractivity contribution in [1.82, 2.24) is 20.6 Å². The second kappa shape index (κ2) is 11.1. The van der Waals surface area contributed by atoms with Crippen molar-refractivity contribution in [2.24, 2.45) is 5.92 Å². The zero-order valence-corrected chi connectivity index (χ0v) is 20.5. The number of benzene rings is 1. The average molecular weight is 496 g/mol. The molecule has 3 N–H and O–H groups in total. The molecule has 0 spiro atoms. The van der Waals surface area contributed by atoms with E-state index in [1.165, 1.54) is 0 Å². The molecule has 0 radical (unpaired) electrons. The largest absolute Gasteiger partial charge is 0.381 e. The number of carbonyl (C=O) groups excluding carboxylic acids is 2. The third kappa shape index (κ3) is 5.52. The minimum atomic E-state index is -0.275. The van der Waals surface area contributed by atoms with Crippen molar-refractivity contribution in [3.05, 3.63) is 30.5 Å². The van der Waals surface area contributed by atoms with Crippen LogP contribution in [0.3, 0.4) is 0 Å². The Morgan fingerprint density at radius 1 is 1.11 bits per heavy atom. The lowest BCUT2D eigenvalue weighted by Gasteiger charge is -2.45. The Morgan fingerprint density at radius 3 is 2.69 bits per heavy atom. The monoisotopic (exact) mass is 495 g/mol. The maximum atomic E-state index is 12.8. The third-order valence-corrected chi connectivity index (χ3v) is 6.91. The van der Waals surface area contributed by atoms with Crippen molar-refractivity contribution in [2.45, 2.75) is 18.9 Å². The fourth-order valence-corrected chi connectivity index (χ4v) is 4.86. The van der Waals surface area contributed by atoms with Crippen LogP contribution in [0.5, 0.6) is 0 Å². The highest BCUT2D eigenvalue weighted by Gasteiger charge is 2.35. The quantitative estimate of drug-likeness (QED) is 0.551. The zero-order valence-electron chi connectivity index (χ0n) is 20.5. The van der Waals surface area contributed by atoms with Gasteiger partial charge in [0.25, 0.3) is 0 Å². The van der Waals surface area contributed by atoms with E-state index in [-0.39, 0.29) is 24.5 Å². The van der Waals surface area contributed by atoms with E-state index in [1.54, 1.807) is 7.05 Å². The lowest BCUT2D eigenvalue weighted by Crippen LogP contribution is -2.57. The van der Waals surface area contributed by atoms with Crippen LogP contribution in [0.2, 0.25) is 0 Å². The molecule has 3 aliphatic heterocycles. The van der Waals surface area contributed by atoms with Gasteiger partial charge < -0.3 is 35.2 Å². The summed E-state index contributed by atoms with van der Waals surface area (Å²) < 4.78 is 11.2. The Balaban J connectivity index is 1.33. The predicted octanol–water partition coefficient (Wildman–Crippen LogP) is 1.46. The number of ether oxygens (including phenoxy) is 2. The van der Waals surface area contributed by atoms with E-state index >= 15 is 0 Å². The molecular weight excluding hydrogens is 462 g/mol. The van der Waals surface area contributed by atoms with Crippen LogP contribution in [0.1, 0.15) is 12.8 Å². The lowest BCUT2D eigenvalue weighted by atomic mass is 10.0. The average Bonchev–Trinajstić information content (AvgIpc) is 2.92. The van der Waals surface area contributed by atoms with E-state index in [2.05, 4.69) is 30.7 Å². The van der Waals surface area contributed by atoms with Gasteiger partial charge in [-0.05, 0) is 43.0 Å². The van der Waals surface area contributed by atoms with Crippen LogP contribution >= 0.6 is 0 Å². The number of anilines is 3. The Kier molecular flexibility index (Phi) is 7.47. The molecule has 1 aromatic carbocycles. The smallest absolute Gasteiger partial charge is 0.318 e. The summed E-state index contributed by atoms with van der Waals surface area (Å²) >= 11 is 0. The molecule has 3 amide bonds. The molecule has 2 aromatic rings. The standard InChI is InChI=1S/C25H33N7O4/c1-26-25(34)29-19-4-2-18(3-5-19)23-28-13-21-24(30-23)32-8-11-36-16-20(32)14-31(21)15-22(33)27-12-17-6-9-35-10-7-17/h2-5,13,17,20H,6-12,14-16H2,1H3,(H,27,33)(H2,26,29,34)/t20-/m1/s1. The van der Waals surface area contributed by atoms with Crippen LogP contribution in [-0.2, 0) is 14.3 Å². The topological polar surface area (TPSA) is 121 Å². The summed E-state index contributed by atoms with van der Waals surface area (Å²) in [5.74, 6) is 1.89. The van der Waals surface area contributed by atoms with Gasteiger partial charge in [-0.2, -0.15) is 0 Å². The fraction of sp³-hybridized carbons (Fsp3) is 0.520. The van der Waals surface area contributed by atoms with Gasteiger partial charge >= 0.3 is 6.03 Å². The van der Waals surface area contributed by atoms with Crippen molar-refractivity contribution in [3.8, 4) is 11.4 Å². The van der Waals surface area contributed by atoms with Crippen molar-refractivity contribution in [1.29, 1.82) is 0 Å². The van der Waals surface area contributed by atoms with Crippen LogP contribution in [0.4, 0.5) is 22.0 Å². The summed E-state index contributed by atoms with van der Waals surface area (Å²) in [6.45, 7) is 5.13. The zero-order chi connectivity index (χ0) is 24.9. The molecule has 36 heavy (non-hydrogen) atoms. The number of amides is 3. The predicted molar refractivity (Wildman–Crippen MR) is 136 cm³/mol. The van der Waals surface area contributed by atoms with E-state index in [0.29, 0.717) is 43.7 Å². The molecule has 0 unspecified atom stereocenters. The Morgan fingerprint density at radius 2 is 1.92 bits per heavy atom. The molecule has 11 nitrogen and oxygen atoms in total. The van der Waals surface area contributed by atoms with Crippen molar-refractivity contribution in [3.63, 3.8) is 0 Å². The Bertz CT molecular complexity index is 1070. The second-order valence-electron chi connectivity index (χ2n) is 9.35. The molecule has 0 bridgehead atoms. The van der Waals surface area contributed by atoms with Gasteiger partial charge in [0.2, 0.25) is 5.91 Å². The van der Waals surface area contributed by atoms with Crippen LogP contribution < -0.4 is 25.8 Å². The molecular formula is C25H33N7O4. The van der Waals surface area contributed by atoms with Gasteiger partial charge in [0.1, 0.15) is 0 Å². The SMILES string of the molecule is CNC(=O)Nc1ccc(-c2ncc3c(n2)N2CCOC[C@H]2CN3CC(=O)NCC2CCOCC2)cc1. The summed E-state index contributed by atoms with van der Waals surface area (Å²) in [5.41, 5.74) is 2.38. The maximum Gasteiger partial charge on any atom is 0.318 e. The van der Waals surface area contributed by atoms with Crippen molar-refractivity contribution < 1.29 is 19.1 Å². The maximum absolute atomic E-state index is 12.8. The van der Waals surface area contributed by atoms with E-state index in [1.807, 2.05) is 30.5 Å². The van der Waals surface area contributed by atoms with Gasteiger partial charge in [-0.1, -0.05) is 0 Å². The molecule has 192 valence electrons. The summed E-state index contributed by atoms with van der Waals surface area (Å²) in [4.78, 5) is 38.3. The van der Waals surface area contributed by atoms with Gasteiger partial charge in [-0.15, -0.1) is 0 Å². The molecule has 0 aliphatic carbocycles. The lowest BCUT2D eigenvalue weighted by molar-refractivity contribution is -0.120. The first-order valence-electron chi connectivity index (χ1n) is 12.5. The van der Waals surface area contributed by atoms with E-state index in [0.717, 1.165) is 49.7 Å². The van der Waals surface area contributed by atoms with Gasteiger partial charge in [0, 0.05) is 51.1 Å². The number of hydrogen-bond acceptors (Lipinski definition) is 8. The number of morpholine rings is 1. The Labute approximate surface area is 210 Å². The summed E-state index contributed by atoms with van der Waals surface area (Å²) in [7, 11) is 1.57. The number of fused-ring (bicyclic) bond motifs is 3. The van der Waals surface area contributed by atoms with E-state index in [4.69, 9.17) is 14.5 Å². The highest BCUT2D eigenvalue weighted by molar-refractivity contribution is 5.89. The van der Waals surface area contributed by atoms with Crippen LogP contribution in [0, 0.1) is 5.92 Å². The number of nitrogens with one attached hydrogen (secondary N) is 3. The molecule has 4 heterocycles. The van der Waals surface area contributed by atoms with Gasteiger partial charge in [0.05, 0.1) is 37.7 Å². The summed E-state index contributed by atoms with van der Waals surface area (Å²) in [6, 6.07) is 7.25. The third-order valence-electron chi connectivity index (χ3n) is 6.91. The minimum Gasteiger partial charge on any atom is -0.381 e. The van der Waals surface area contributed by atoms with E-state index in [9.17, 15) is 9.59 Å². The first-order valence-corrected chi connectivity index (χ1v) is 12.5. The highest BCUT2D eigenvalue weighted by atomic mass is 16.5. The normalized spacial score (nSPS) is 19.8. The first-order chi connectivity index (χ1) is 17.6. The number of carbonyl (C=O) groups is 2. The van der Waals surface area contributed by atoms with Crippen molar-refractivity contribution >= 4 is 29.1 Å². The Hall–Kier alpha value is -3.44. The summed E-state index contributed by atoms with van der Waals surface area (Å²) in [5, 5.41) is 8.39. The molecule has 1 aromatic heterocycles. The van der Waals surface area contributed by atoms with Gasteiger partial charge in [-0.3, -0.25) is 4.79 Å². The molecule has 0 saturated carbocycles.